The minimum Gasteiger partial charge on any atom is -0.469 e. The average Bonchev–Trinajstić information content (AvgIpc) is 2.36. The summed E-state index contributed by atoms with van der Waals surface area (Å²) in [6, 6.07) is 4.90. The van der Waals surface area contributed by atoms with Gasteiger partial charge in [-0.2, -0.15) is 0 Å². The molecule has 0 amide bonds. The molecule has 5 nitrogen and oxygen atoms in total. The van der Waals surface area contributed by atoms with E-state index in [1.165, 1.54) is 18.5 Å². The van der Waals surface area contributed by atoms with Crippen LogP contribution in [-0.2, 0) is 26.1 Å². The van der Waals surface area contributed by atoms with Crippen molar-refractivity contribution in [1.29, 1.82) is 0 Å². The minimum atomic E-state index is -3.45. The first kappa shape index (κ1) is 18.2. The van der Waals surface area contributed by atoms with Gasteiger partial charge in [-0.1, -0.05) is 23.2 Å². The number of halogens is 2. The Morgan fingerprint density at radius 1 is 1.24 bits per heavy atom. The largest absolute Gasteiger partial charge is 0.469 e. The van der Waals surface area contributed by atoms with Crippen molar-refractivity contribution in [1.82, 2.24) is 4.31 Å². The van der Waals surface area contributed by atoms with E-state index >= 15 is 0 Å². The van der Waals surface area contributed by atoms with Crippen LogP contribution in [0.1, 0.15) is 18.4 Å². The smallest absolute Gasteiger partial charge is 0.305 e. The van der Waals surface area contributed by atoms with E-state index in [1.54, 1.807) is 18.2 Å². The number of carbonyl (C=O) groups excluding carboxylic acids is 1. The summed E-state index contributed by atoms with van der Waals surface area (Å²) in [5.74, 6) is -0.540. The summed E-state index contributed by atoms with van der Waals surface area (Å²) in [6.45, 7) is 0.167. The molecule has 0 radical (unpaired) electrons. The summed E-state index contributed by atoms with van der Waals surface area (Å²) in [5, 5.41) is 0.906. The van der Waals surface area contributed by atoms with Crippen molar-refractivity contribution >= 4 is 39.2 Å². The maximum absolute atomic E-state index is 12.1. The topological polar surface area (TPSA) is 63.7 Å². The molecule has 1 rings (SSSR count). The zero-order valence-corrected chi connectivity index (χ0v) is 14.1. The number of methoxy groups -OCH3 is 1. The third-order valence-electron chi connectivity index (χ3n) is 2.81. The lowest BCUT2D eigenvalue weighted by atomic mass is 10.2. The Morgan fingerprint density at radius 3 is 2.33 bits per heavy atom. The van der Waals surface area contributed by atoms with Crippen LogP contribution in [0.25, 0.3) is 0 Å². The van der Waals surface area contributed by atoms with Gasteiger partial charge in [-0.05, 0) is 30.2 Å². The third-order valence-corrected chi connectivity index (χ3v) is 5.13. The number of nitrogens with zero attached hydrogens (tertiary/aromatic N) is 1. The first-order chi connectivity index (χ1) is 9.74. The first-order valence-corrected chi connectivity index (χ1v) is 8.57. The lowest BCUT2D eigenvalue weighted by Gasteiger charge is -2.17. The monoisotopic (exact) mass is 353 g/mol. The lowest BCUT2D eigenvalue weighted by Crippen LogP contribution is -2.29. The van der Waals surface area contributed by atoms with Gasteiger partial charge in [0.1, 0.15) is 0 Å². The van der Waals surface area contributed by atoms with Gasteiger partial charge in [0.15, 0.2) is 0 Å². The van der Waals surface area contributed by atoms with Crippen molar-refractivity contribution < 1.29 is 17.9 Å². The molecule has 0 aliphatic heterocycles. The average molecular weight is 354 g/mol. The highest BCUT2D eigenvalue weighted by atomic mass is 35.5. The molecule has 0 aromatic heterocycles. The van der Waals surface area contributed by atoms with Gasteiger partial charge in [-0.25, -0.2) is 12.7 Å². The second-order valence-electron chi connectivity index (χ2n) is 4.53. The molecular formula is C13H17Cl2NO4S. The van der Waals surface area contributed by atoms with Gasteiger partial charge in [-0.15, -0.1) is 0 Å². The Hall–Kier alpha value is -0.820. The van der Waals surface area contributed by atoms with E-state index in [2.05, 4.69) is 4.74 Å². The molecule has 0 spiro atoms. The van der Waals surface area contributed by atoms with Gasteiger partial charge in [0.05, 0.1) is 12.9 Å². The fourth-order valence-corrected chi connectivity index (χ4v) is 3.45. The second-order valence-corrected chi connectivity index (χ2v) is 7.60. The Bertz CT molecular complexity index is 584. The maximum atomic E-state index is 12.1. The molecule has 0 saturated heterocycles. The van der Waals surface area contributed by atoms with Crippen molar-refractivity contribution in [2.45, 2.75) is 19.4 Å². The number of rotatable bonds is 7. The van der Waals surface area contributed by atoms with Gasteiger partial charge in [-0.3, -0.25) is 4.79 Å². The van der Waals surface area contributed by atoms with Crippen LogP contribution in [0.3, 0.4) is 0 Å². The van der Waals surface area contributed by atoms with E-state index in [0.29, 0.717) is 15.6 Å². The Morgan fingerprint density at radius 2 is 1.81 bits per heavy atom. The predicted molar refractivity (Wildman–Crippen MR) is 83.0 cm³/mol. The number of carbonyl (C=O) groups is 1. The minimum absolute atomic E-state index is 0.0760. The molecular weight excluding hydrogens is 337 g/mol. The van der Waals surface area contributed by atoms with Crippen molar-refractivity contribution in [2.24, 2.45) is 0 Å². The highest BCUT2D eigenvalue weighted by molar-refractivity contribution is 7.89. The molecule has 1 aromatic carbocycles. The number of hydrogen-bond acceptors (Lipinski definition) is 4. The molecule has 21 heavy (non-hydrogen) atoms. The van der Waals surface area contributed by atoms with E-state index in [0.717, 1.165) is 0 Å². The van der Waals surface area contributed by atoms with E-state index in [4.69, 9.17) is 23.2 Å². The van der Waals surface area contributed by atoms with Crippen LogP contribution in [0.5, 0.6) is 0 Å². The summed E-state index contributed by atoms with van der Waals surface area (Å²) in [6.07, 6.45) is 0.294. The number of ether oxygens (including phenoxy) is 1. The summed E-state index contributed by atoms with van der Waals surface area (Å²) in [5.41, 5.74) is 0.701. The van der Waals surface area contributed by atoms with E-state index in [9.17, 15) is 13.2 Å². The molecule has 0 bridgehead atoms. The fraction of sp³-hybridized carbons (Fsp3) is 0.462. The standard InChI is InChI=1S/C13H17Cl2NO4S/c1-16(9-10-6-11(14)8-12(15)7-10)21(18,19)5-3-4-13(17)20-2/h6-8H,3-5,9H2,1-2H3. The molecule has 0 N–H and O–H groups in total. The highest BCUT2D eigenvalue weighted by Gasteiger charge is 2.18. The van der Waals surface area contributed by atoms with E-state index < -0.39 is 16.0 Å². The molecule has 0 heterocycles. The van der Waals surface area contributed by atoms with Gasteiger partial charge < -0.3 is 4.74 Å². The number of esters is 1. The molecule has 0 unspecified atom stereocenters. The lowest BCUT2D eigenvalue weighted by molar-refractivity contribution is -0.140. The number of benzene rings is 1. The van der Waals surface area contributed by atoms with Crippen LogP contribution in [0.15, 0.2) is 18.2 Å². The van der Waals surface area contributed by atoms with Gasteiger partial charge in [0.2, 0.25) is 10.0 Å². The summed E-state index contributed by atoms with van der Waals surface area (Å²) >= 11 is 11.8. The first-order valence-electron chi connectivity index (χ1n) is 6.20. The van der Waals surface area contributed by atoms with Crippen LogP contribution in [0.4, 0.5) is 0 Å². The van der Waals surface area contributed by atoms with Crippen LogP contribution < -0.4 is 0 Å². The maximum Gasteiger partial charge on any atom is 0.305 e. The van der Waals surface area contributed by atoms with E-state index in [-0.39, 0.29) is 25.1 Å². The van der Waals surface area contributed by atoms with Crippen LogP contribution in [0.2, 0.25) is 10.0 Å². The van der Waals surface area contributed by atoms with Crippen LogP contribution >= 0.6 is 23.2 Å². The number of sulfonamides is 1. The Labute approximate surface area is 134 Å². The molecule has 0 aliphatic rings. The van der Waals surface area contributed by atoms with Gasteiger partial charge in [0, 0.05) is 30.1 Å². The van der Waals surface area contributed by atoms with Crippen molar-refractivity contribution in [3.63, 3.8) is 0 Å². The van der Waals surface area contributed by atoms with E-state index in [1.807, 2.05) is 0 Å². The molecule has 0 aliphatic carbocycles. The predicted octanol–water partition coefficient (Wildman–Crippen LogP) is 2.71. The Balaban J connectivity index is 2.64. The fourth-order valence-electron chi connectivity index (χ4n) is 1.71. The summed E-state index contributed by atoms with van der Waals surface area (Å²) < 4.78 is 29.9. The Kier molecular flexibility index (Phi) is 6.93. The van der Waals surface area contributed by atoms with Crippen LogP contribution in [0, 0.1) is 0 Å². The van der Waals surface area contributed by atoms with Crippen molar-refractivity contribution in [2.75, 3.05) is 19.9 Å². The molecule has 0 fully saturated rings. The number of hydrogen-bond donors (Lipinski definition) is 0. The zero-order chi connectivity index (χ0) is 16.0. The van der Waals surface area contributed by atoms with Crippen LogP contribution in [-0.4, -0.2) is 38.6 Å². The van der Waals surface area contributed by atoms with Crippen molar-refractivity contribution in [3.05, 3.63) is 33.8 Å². The molecule has 0 atom stereocenters. The zero-order valence-electron chi connectivity index (χ0n) is 11.8. The molecule has 0 saturated carbocycles. The van der Waals surface area contributed by atoms with Crippen molar-refractivity contribution in [3.8, 4) is 0 Å². The summed E-state index contributed by atoms with van der Waals surface area (Å²) in [7, 11) is -0.705. The van der Waals surface area contributed by atoms with Gasteiger partial charge in [0.25, 0.3) is 0 Å². The molecule has 1 aromatic rings. The quantitative estimate of drug-likeness (QED) is 0.707. The molecule has 8 heteroatoms. The third kappa shape index (κ3) is 6.22. The molecule has 118 valence electrons. The van der Waals surface area contributed by atoms with Gasteiger partial charge >= 0.3 is 5.97 Å². The normalized spacial score (nSPS) is 11.7. The second kappa shape index (κ2) is 7.98. The SMILES string of the molecule is COC(=O)CCCS(=O)(=O)N(C)Cc1cc(Cl)cc(Cl)c1. The summed E-state index contributed by atoms with van der Waals surface area (Å²) in [4.78, 5) is 11.0. The highest BCUT2D eigenvalue weighted by Crippen LogP contribution is 2.20.